The highest BCUT2D eigenvalue weighted by molar-refractivity contribution is 6.31. The maximum absolute atomic E-state index is 12.3. The Kier molecular flexibility index (Phi) is 4.94. The third kappa shape index (κ3) is 4.31. The van der Waals surface area contributed by atoms with E-state index in [4.69, 9.17) is 11.6 Å². The minimum atomic E-state index is -0.00448. The number of nitrogens with zero attached hydrogens (tertiary/aromatic N) is 1. The van der Waals surface area contributed by atoms with Crippen LogP contribution >= 0.6 is 11.6 Å². The van der Waals surface area contributed by atoms with E-state index in [1.807, 2.05) is 19.1 Å². The fourth-order valence-corrected chi connectivity index (χ4v) is 4.19. The van der Waals surface area contributed by atoms with E-state index in [0.717, 1.165) is 23.9 Å². The van der Waals surface area contributed by atoms with Crippen LogP contribution in [0.3, 0.4) is 0 Å². The Morgan fingerprint density at radius 2 is 1.92 bits per heavy atom. The molecule has 132 valence electrons. The molecule has 0 aromatic heterocycles. The number of piperidine rings is 1. The standard InChI is InChI=1S/C20H29ClN2O/c1-13-7-14(9-15(21)8-13)19(24)22-10-16-17-11-23(12-18(16)17)6-5-20(2,3)4/h7-9,16-18H,5-6,10-12H2,1-4H3,(H,22,24). The van der Waals surface area contributed by atoms with Gasteiger partial charge in [-0.05, 0) is 66.8 Å². The van der Waals surface area contributed by atoms with Crippen LogP contribution in [0.5, 0.6) is 0 Å². The molecule has 2 atom stereocenters. The van der Waals surface area contributed by atoms with Crippen LogP contribution in [0.4, 0.5) is 0 Å². The van der Waals surface area contributed by atoms with E-state index >= 15 is 0 Å². The first-order chi connectivity index (χ1) is 11.2. The molecular formula is C20H29ClN2O. The number of hydrogen-bond donors (Lipinski definition) is 1. The van der Waals surface area contributed by atoms with E-state index in [-0.39, 0.29) is 5.91 Å². The summed E-state index contributed by atoms with van der Waals surface area (Å²) in [4.78, 5) is 14.9. The average molecular weight is 349 g/mol. The summed E-state index contributed by atoms with van der Waals surface area (Å²) < 4.78 is 0. The van der Waals surface area contributed by atoms with Crippen LogP contribution in [0.15, 0.2) is 18.2 Å². The molecule has 1 aromatic rings. The molecule has 1 aliphatic carbocycles. The second-order valence-electron chi connectivity index (χ2n) is 8.79. The molecule has 2 aliphatic rings. The highest BCUT2D eigenvalue weighted by Gasteiger charge is 2.55. The Morgan fingerprint density at radius 3 is 2.50 bits per heavy atom. The van der Waals surface area contributed by atoms with Crippen molar-refractivity contribution in [3.05, 3.63) is 34.3 Å². The van der Waals surface area contributed by atoms with Gasteiger partial charge in [-0.1, -0.05) is 32.4 Å². The first-order valence-electron chi connectivity index (χ1n) is 9.01. The highest BCUT2D eigenvalue weighted by atomic mass is 35.5. The molecule has 4 heteroatoms. The van der Waals surface area contributed by atoms with Gasteiger partial charge in [0.05, 0.1) is 0 Å². The van der Waals surface area contributed by atoms with Crippen molar-refractivity contribution in [1.29, 1.82) is 0 Å². The van der Waals surface area contributed by atoms with Crippen molar-refractivity contribution in [2.75, 3.05) is 26.2 Å². The molecule has 3 nitrogen and oxygen atoms in total. The molecule has 1 saturated carbocycles. The maximum Gasteiger partial charge on any atom is 0.251 e. The van der Waals surface area contributed by atoms with Crippen molar-refractivity contribution < 1.29 is 4.79 Å². The van der Waals surface area contributed by atoms with Crippen LogP contribution in [-0.2, 0) is 0 Å². The third-order valence-corrected chi connectivity index (χ3v) is 5.65. The maximum atomic E-state index is 12.3. The number of nitrogens with one attached hydrogen (secondary N) is 1. The average Bonchev–Trinajstić information content (AvgIpc) is 2.92. The van der Waals surface area contributed by atoms with Gasteiger partial charge in [-0.3, -0.25) is 4.79 Å². The first kappa shape index (κ1) is 17.8. The van der Waals surface area contributed by atoms with Crippen molar-refractivity contribution in [1.82, 2.24) is 10.2 Å². The molecule has 0 bridgehead atoms. The summed E-state index contributed by atoms with van der Waals surface area (Å²) in [6, 6.07) is 5.50. The predicted octanol–water partition coefficient (Wildman–Crippen LogP) is 3.99. The van der Waals surface area contributed by atoms with E-state index in [0.29, 0.717) is 21.9 Å². The molecule has 1 aliphatic heterocycles. The largest absolute Gasteiger partial charge is 0.352 e. The lowest BCUT2D eigenvalue weighted by molar-refractivity contribution is 0.0949. The topological polar surface area (TPSA) is 32.3 Å². The number of halogens is 1. The molecule has 0 spiro atoms. The van der Waals surface area contributed by atoms with Crippen LogP contribution in [0.2, 0.25) is 5.02 Å². The number of aryl methyl sites for hydroxylation is 1. The Morgan fingerprint density at radius 1 is 1.25 bits per heavy atom. The lowest BCUT2D eigenvalue weighted by Gasteiger charge is -2.25. The molecule has 1 saturated heterocycles. The SMILES string of the molecule is Cc1cc(Cl)cc(C(=O)NCC2C3CN(CCC(C)(C)C)CC23)c1. The van der Waals surface area contributed by atoms with Gasteiger partial charge in [0.2, 0.25) is 0 Å². The van der Waals surface area contributed by atoms with Crippen molar-refractivity contribution in [2.24, 2.45) is 23.2 Å². The van der Waals surface area contributed by atoms with Gasteiger partial charge in [0.15, 0.2) is 0 Å². The summed E-state index contributed by atoms with van der Waals surface area (Å²) in [7, 11) is 0. The second-order valence-corrected chi connectivity index (χ2v) is 9.23. The number of hydrogen-bond acceptors (Lipinski definition) is 2. The third-order valence-electron chi connectivity index (χ3n) is 5.43. The van der Waals surface area contributed by atoms with E-state index in [1.165, 1.54) is 26.1 Å². The molecule has 2 fully saturated rings. The Hall–Kier alpha value is -1.06. The van der Waals surface area contributed by atoms with E-state index in [1.54, 1.807) is 6.07 Å². The molecule has 2 unspecified atom stereocenters. The number of carbonyl (C=O) groups is 1. The molecule has 3 rings (SSSR count). The van der Waals surface area contributed by atoms with Crippen LogP contribution in [0.1, 0.15) is 43.1 Å². The number of rotatable bonds is 5. The van der Waals surface area contributed by atoms with Crippen molar-refractivity contribution in [2.45, 2.75) is 34.1 Å². The highest BCUT2D eigenvalue weighted by Crippen LogP contribution is 2.51. The Balaban J connectivity index is 1.42. The van der Waals surface area contributed by atoms with E-state index in [2.05, 4.69) is 31.0 Å². The van der Waals surface area contributed by atoms with Gasteiger partial charge < -0.3 is 10.2 Å². The van der Waals surface area contributed by atoms with E-state index in [9.17, 15) is 4.79 Å². The number of fused-ring (bicyclic) bond motifs is 1. The Labute approximate surface area is 150 Å². The zero-order chi connectivity index (χ0) is 17.5. The minimum Gasteiger partial charge on any atom is -0.352 e. The lowest BCUT2D eigenvalue weighted by atomic mass is 9.92. The monoisotopic (exact) mass is 348 g/mol. The lowest BCUT2D eigenvalue weighted by Crippen LogP contribution is -2.32. The van der Waals surface area contributed by atoms with Crippen LogP contribution in [0, 0.1) is 30.1 Å². The molecule has 24 heavy (non-hydrogen) atoms. The molecule has 1 amide bonds. The van der Waals surface area contributed by atoms with Crippen molar-refractivity contribution in [3.8, 4) is 0 Å². The summed E-state index contributed by atoms with van der Waals surface area (Å²) in [5.41, 5.74) is 2.10. The molecule has 1 heterocycles. The van der Waals surface area contributed by atoms with Crippen molar-refractivity contribution in [3.63, 3.8) is 0 Å². The van der Waals surface area contributed by atoms with Crippen LogP contribution in [-0.4, -0.2) is 37.0 Å². The van der Waals surface area contributed by atoms with Gasteiger partial charge in [0, 0.05) is 30.2 Å². The normalized spacial score (nSPS) is 26.3. The zero-order valence-electron chi connectivity index (χ0n) is 15.2. The zero-order valence-corrected chi connectivity index (χ0v) is 16.0. The Bertz CT molecular complexity index is 590. The van der Waals surface area contributed by atoms with Gasteiger partial charge in [-0.2, -0.15) is 0 Å². The van der Waals surface area contributed by atoms with Crippen molar-refractivity contribution >= 4 is 17.5 Å². The molecule has 1 N–H and O–H groups in total. The van der Waals surface area contributed by atoms with Crippen LogP contribution in [0.25, 0.3) is 0 Å². The quantitative estimate of drug-likeness (QED) is 0.872. The number of benzene rings is 1. The molecule has 1 aromatic carbocycles. The summed E-state index contributed by atoms with van der Waals surface area (Å²) in [5.74, 6) is 2.23. The molecular weight excluding hydrogens is 320 g/mol. The van der Waals surface area contributed by atoms with Gasteiger partial charge in [0.1, 0.15) is 0 Å². The smallest absolute Gasteiger partial charge is 0.251 e. The van der Waals surface area contributed by atoms with Gasteiger partial charge >= 0.3 is 0 Å². The van der Waals surface area contributed by atoms with Gasteiger partial charge in [-0.25, -0.2) is 0 Å². The minimum absolute atomic E-state index is 0.00448. The number of carbonyl (C=O) groups excluding carboxylic acids is 1. The fourth-order valence-electron chi connectivity index (χ4n) is 3.90. The van der Waals surface area contributed by atoms with Gasteiger partial charge in [0.25, 0.3) is 5.91 Å². The summed E-state index contributed by atoms with van der Waals surface area (Å²) in [6.45, 7) is 13.3. The molecule has 0 radical (unpaired) electrons. The van der Waals surface area contributed by atoms with Gasteiger partial charge in [-0.15, -0.1) is 0 Å². The number of amides is 1. The number of likely N-dealkylation sites (tertiary alicyclic amines) is 1. The first-order valence-corrected chi connectivity index (χ1v) is 9.38. The summed E-state index contributed by atoms with van der Waals surface area (Å²) >= 11 is 6.04. The second kappa shape index (κ2) is 6.68. The van der Waals surface area contributed by atoms with E-state index < -0.39 is 0 Å². The van der Waals surface area contributed by atoms with Crippen LogP contribution < -0.4 is 5.32 Å². The fraction of sp³-hybridized carbons (Fsp3) is 0.650. The summed E-state index contributed by atoms with van der Waals surface area (Å²) in [5, 5.41) is 3.72. The predicted molar refractivity (Wildman–Crippen MR) is 99.5 cm³/mol. The summed E-state index contributed by atoms with van der Waals surface area (Å²) in [6.07, 6.45) is 1.25.